The summed E-state index contributed by atoms with van der Waals surface area (Å²) in [5.74, 6) is -0.141. The number of ketones is 2. The summed E-state index contributed by atoms with van der Waals surface area (Å²) >= 11 is 0. The lowest BCUT2D eigenvalue weighted by atomic mass is 9.72. The van der Waals surface area contributed by atoms with Crippen molar-refractivity contribution in [3.63, 3.8) is 0 Å². The van der Waals surface area contributed by atoms with Gasteiger partial charge in [0.2, 0.25) is 10.0 Å². The number of sulfonamides is 1. The standard InChI is InChI=1S/C39H45N3O6S/c1-22-19-23(2)37(49(46,47)41-17-18-43)24(3)34(22)42-29-20-30(48-26-15-13-25(14-16-26)39(7,8)21-38(4,5)6)33(40)32-31(29)35(44)27-11-9-10-12-28(27)36(32)45/h9-16,19-20,41-43H,17-18,21,40H2,1-8H3. The molecule has 0 atom stereocenters. The number of hydrogen-bond acceptors (Lipinski definition) is 8. The van der Waals surface area contributed by atoms with Crippen molar-refractivity contribution in [1.29, 1.82) is 0 Å². The van der Waals surface area contributed by atoms with Crippen LogP contribution in [-0.4, -0.2) is 38.2 Å². The lowest BCUT2D eigenvalue weighted by Crippen LogP contribution is -2.28. The number of aryl methyl sites for hydroxylation is 2. The largest absolute Gasteiger partial charge is 0.455 e. The van der Waals surface area contributed by atoms with Crippen LogP contribution in [0.3, 0.4) is 0 Å². The molecule has 5 N–H and O–H groups in total. The summed E-state index contributed by atoms with van der Waals surface area (Å²) in [6.45, 7) is 15.8. The number of ether oxygens (including phenoxy) is 1. The fraction of sp³-hybridized carbons (Fsp3) is 0.333. The summed E-state index contributed by atoms with van der Waals surface area (Å²) in [6.07, 6.45) is 0.975. The molecule has 10 heteroatoms. The van der Waals surface area contributed by atoms with Crippen LogP contribution in [0.25, 0.3) is 0 Å². The molecule has 1 aliphatic rings. The van der Waals surface area contributed by atoms with Crippen LogP contribution in [0.2, 0.25) is 0 Å². The third kappa shape index (κ3) is 6.99. The summed E-state index contributed by atoms with van der Waals surface area (Å²) in [5.41, 5.74) is 10.8. The second-order valence-corrected chi connectivity index (χ2v) is 16.3. The maximum absolute atomic E-state index is 14.1. The maximum atomic E-state index is 14.1. The molecule has 0 aliphatic heterocycles. The molecule has 0 saturated heterocycles. The molecule has 5 rings (SSSR count). The van der Waals surface area contributed by atoms with E-state index in [1.54, 1.807) is 50.2 Å². The molecular formula is C39H45N3O6S. The number of fused-ring (bicyclic) bond motifs is 2. The van der Waals surface area contributed by atoms with Gasteiger partial charge in [0.1, 0.15) is 5.75 Å². The van der Waals surface area contributed by atoms with Gasteiger partial charge in [0.15, 0.2) is 17.3 Å². The lowest BCUT2D eigenvalue weighted by Gasteiger charge is -2.33. The fourth-order valence-corrected chi connectivity index (χ4v) is 8.66. The Morgan fingerprint density at radius 3 is 2.00 bits per heavy atom. The molecule has 258 valence electrons. The van der Waals surface area contributed by atoms with Crippen molar-refractivity contribution in [3.8, 4) is 11.5 Å². The van der Waals surface area contributed by atoms with Crippen LogP contribution < -0.4 is 20.5 Å². The van der Waals surface area contributed by atoms with Gasteiger partial charge in [0.05, 0.1) is 34.0 Å². The number of aliphatic hydroxyl groups is 1. The van der Waals surface area contributed by atoms with Gasteiger partial charge in [-0.3, -0.25) is 9.59 Å². The first-order valence-electron chi connectivity index (χ1n) is 16.3. The monoisotopic (exact) mass is 683 g/mol. The van der Waals surface area contributed by atoms with Gasteiger partial charge in [0.25, 0.3) is 0 Å². The average molecular weight is 684 g/mol. The lowest BCUT2D eigenvalue weighted by molar-refractivity contribution is 0.0980. The molecular weight excluding hydrogens is 639 g/mol. The number of aliphatic hydroxyl groups excluding tert-OH is 1. The Bertz CT molecular complexity index is 2080. The quantitative estimate of drug-likeness (QED) is 0.111. The number of nitrogens with one attached hydrogen (secondary N) is 2. The smallest absolute Gasteiger partial charge is 0.241 e. The number of rotatable bonds is 10. The first kappa shape index (κ1) is 35.8. The van der Waals surface area contributed by atoms with Crippen LogP contribution in [0.5, 0.6) is 11.5 Å². The number of carbonyl (C=O) groups is 2. The Morgan fingerprint density at radius 2 is 1.43 bits per heavy atom. The van der Waals surface area contributed by atoms with Crippen molar-refractivity contribution in [2.24, 2.45) is 5.41 Å². The Morgan fingerprint density at radius 1 is 0.837 bits per heavy atom. The highest BCUT2D eigenvalue weighted by Gasteiger charge is 2.36. The minimum Gasteiger partial charge on any atom is -0.455 e. The van der Waals surface area contributed by atoms with Gasteiger partial charge in [-0.2, -0.15) is 0 Å². The van der Waals surface area contributed by atoms with Crippen LogP contribution >= 0.6 is 0 Å². The highest BCUT2D eigenvalue weighted by Crippen LogP contribution is 2.44. The van der Waals surface area contributed by atoms with E-state index >= 15 is 0 Å². The third-order valence-corrected chi connectivity index (χ3v) is 10.6. The number of benzene rings is 4. The molecule has 0 saturated carbocycles. The van der Waals surface area contributed by atoms with E-state index in [0.29, 0.717) is 28.1 Å². The zero-order valence-corrected chi connectivity index (χ0v) is 30.2. The Balaban J connectivity index is 1.65. The van der Waals surface area contributed by atoms with E-state index in [2.05, 4.69) is 44.7 Å². The molecule has 0 aromatic heterocycles. The molecule has 49 heavy (non-hydrogen) atoms. The summed E-state index contributed by atoms with van der Waals surface area (Å²) in [5, 5.41) is 12.6. The number of carbonyl (C=O) groups excluding carboxylic acids is 2. The first-order valence-corrected chi connectivity index (χ1v) is 17.8. The third-order valence-electron chi connectivity index (χ3n) is 8.87. The molecule has 0 amide bonds. The highest BCUT2D eigenvalue weighted by atomic mass is 32.2. The van der Waals surface area contributed by atoms with Gasteiger partial charge in [-0.15, -0.1) is 0 Å². The first-order chi connectivity index (χ1) is 22.9. The van der Waals surface area contributed by atoms with Crippen molar-refractivity contribution >= 4 is 38.7 Å². The Hall–Kier alpha value is -4.51. The Kier molecular flexibility index (Phi) is 9.55. The minimum atomic E-state index is -3.99. The average Bonchev–Trinajstić information content (AvgIpc) is 3.01. The van der Waals surface area contributed by atoms with Gasteiger partial charge < -0.3 is 20.9 Å². The van der Waals surface area contributed by atoms with Gasteiger partial charge in [-0.25, -0.2) is 13.1 Å². The van der Waals surface area contributed by atoms with Crippen molar-refractivity contribution in [2.45, 2.75) is 72.1 Å². The van der Waals surface area contributed by atoms with Crippen LogP contribution in [0.15, 0.2) is 65.6 Å². The normalized spacial score (nSPS) is 13.2. The van der Waals surface area contributed by atoms with Crippen molar-refractivity contribution < 1.29 is 27.9 Å². The number of hydrogen-bond donors (Lipinski definition) is 4. The summed E-state index contributed by atoms with van der Waals surface area (Å²) in [7, 11) is -3.99. The van der Waals surface area contributed by atoms with Gasteiger partial charge >= 0.3 is 0 Å². The fourth-order valence-electron chi connectivity index (χ4n) is 7.17. The molecule has 1 aliphatic carbocycles. The van der Waals surface area contributed by atoms with E-state index in [1.807, 2.05) is 31.2 Å². The van der Waals surface area contributed by atoms with Crippen LogP contribution in [0, 0.1) is 26.2 Å². The molecule has 4 aromatic rings. The maximum Gasteiger partial charge on any atom is 0.241 e. The van der Waals surface area contributed by atoms with E-state index in [-0.39, 0.29) is 68.3 Å². The predicted octanol–water partition coefficient (Wildman–Crippen LogP) is 7.49. The number of nitrogen functional groups attached to an aromatic ring is 1. The molecule has 0 fully saturated rings. The summed E-state index contributed by atoms with van der Waals surface area (Å²) in [4.78, 5) is 28.1. The topological polar surface area (TPSA) is 148 Å². The van der Waals surface area contributed by atoms with Crippen LogP contribution in [0.4, 0.5) is 17.1 Å². The van der Waals surface area contributed by atoms with Crippen LogP contribution in [0.1, 0.15) is 95.1 Å². The summed E-state index contributed by atoms with van der Waals surface area (Å²) in [6, 6.07) is 17.7. The zero-order chi connectivity index (χ0) is 36.1. The van der Waals surface area contributed by atoms with E-state index in [4.69, 9.17) is 10.5 Å². The van der Waals surface area contributed by atoms with Crippen molar-refractivity contribution in [1.82, 2.24) is 4.72 Å². The molecule has 0 heterocycles. The molecule has 0 spiro atoms. The van der Waals surface area contributed by atoms with E-state index in [1.165, 1.54) is 0 Å². The van der Waals surface area contributed by atoms with Crippen molar-refractivity contribution in [2.75, 3.05) is 24.2 Å². The molecule has 0 unspecified atom stereocenters. The molecule has 0 radical (unpaired) electrons. The van der Waals surface area contributed by atoms with Gasteiger partial charge in [0, 0.05) is 29.4 Å². The van der Waals surface area contributed by atoms with Crippen molar-refractivity contribution in [3.05, 3.63) is 105 Å². The second kappa shape index (κ2) is 13.1. The van der Waals surface area contributed by atoms with E-state index in [9.17, 15) is 23.1 Å². The molecule has 9 nitrogen and oxygen atoms in total. The van der Waals surface area contributed by atoms with Crippen LogP contribution in [-0.2, 0) is 15.4 Å². The highest BCUT2D eigenvalue weighted by molar-refractivity contribution is 7.89. The van der Waals surface area contributed by atoms with Gasteiger partial charge in [-0.05, 0) is 72.4 Å². The van der Waals surface area contributed by atoms with E-state index < -0.39 is 21.6 Å². The summed E-state index contributed by atoms with van der Waals surface area (Å²) < 4.78 is 35.3. The number of nitrogens with two attached hydrogens (primary N) is 1. The zero-order valence-electron chi connectivity index (χ0n) is 29.4. The molecule has 0 bridgehead atoms. The Labute approximate surface area is 289 Å². The SMILES string of the molecule is Cc1cc(C)c(S(=O)(=O)NCCO)c(C)c1Nc1cc(Oc2ccc(C(C)(C)CC(C)(C)C)cc2)c(N)c2c1C(=O)c1ccccc1C2=O. The second-order valence-electron chi connectivity index (χ2n) is 14.6. The van der Waals surface area contributed by atoms with Gasteiger partial charge in [-0.1, -0.05) is 77.1 Å². The minimum absolute atomic E-state index is 0.0199. The predicted molar refractivity (Wildman–Crippen MR) is 194 cm³/mol. The molecule has 4 aromatic carbocycles. The van der Waals surface area contributed by atoms with E-state index in [0.717, 1.165) is 12.0 Å². The number of anilines is 3.